The molecule has 0 bridgehead atoms. The molecule has 0 saturated heterocycles. The van der Waals surface area contributed by atoms with Gasteiger partial charge in [-0.25, -0.2) is 9.97 Å². The summed E-state index contributed by atoms with van der Waals surface area (Å²) in [5.41, 5.74) is 6.31. The molecule has 0 atom stereocenters. The summed E-state index contributed by atoms with van der Waals surface area (Å²) in [7, 11) is 0. The van der Waals surface area contributed by atoms with Crippen molar-refractivity contribution in [2.45, 2.75) is 0 Å². The molecule has 5 aromatic carbocycles. The topological polar surface area (TPSA) is 44.9 Å². The molecular weight excluding hydrogens is 552 g/mol. The minimum absolute atomic E-state index is 0.755. The highest BCUT2D eigenvalue weighted by molar-refractivity contribution is 6.10. The van der Waals surface area contributed by atoms with Gasteiger partial charge in [-0.1, -0.05) is 78.9 Å². The maximum absolute atomic E-state index is 6.59. The summed E-state index contributed by atoms with van der Waals surface area (Å²) in [5.74, 6) is 3.25. The number of hydrogen-bond acceptors (Lipinski definition) is 3. The highest BCUT2D eigenvalue weighted by Gasteiger charge is 2.16. The van der Waals surface area contributed by atoms with E-state index in [2.05, 4.69) is 117 Å². The second kappa shape index (κ2) is 10.2. The third kappa shape index (κ3) is 4.17. The van der Waals surface area contributed by atoms with Crippen LogP contribution in [0.4, 0.5) is 0 Å². The molecule has 0 amide bonds. The molecule has 5 nitrogen and oxygen atoms in total. The minimum Gasteiger partial charge on any atom is -0.457 e. The molecule has 0 aliphatic rings. The van der Waals surface area contributed by atoms with Crippen LogP contribution in [0.25, 0.3) is 66.5 Å². The standard InChI is InChI=1S/C40H26N4O/c1-2-11-27(12-3-1)34-15-10-19-40(42-34)44-36-17-7-5-14-31(36)33-23-21-29(26-38(33)44)45-28-20-22-32-30-13-4-6-16-35(30)43(37(32)25-28)39-18-8-9-24-41-39/h1-26H. The van der Waals surface area contributed by atoms with Crippen LogP contribution in [0.5, 0.6) is 11.5 Å². The first kappa shape index (κ1) is 25.3. The number of nitrogens with zero attached hydrogens (tertiary/aromatic N) is 4. The van der Waals surface area contributed by atoms with Crippen molar-refractivity contribution in [2.75, 3.05) is 0 Å². The van der Waals surface area contributed by atoms with E-state index >= 15 is 0 Å². The molecule has 0 unspecified atom stereocenters. The molecular formula is C40H26N4O. The fraction of sp³-hybridized carbons (Fsp3) is 0. The Morgan fingerprint density at radius 1 is 0.422 bits per heavy atom. The van der Waals surface area contributed by atoms with Gasteiger partial charge in [-0.15, -0.1) is 0 Å². The SMILES string of the molecule is c1ccc(-c2cccc(-n3c4ccccc4c4ccc(Oc5ccc6c7ccccc7n(-c7ccccn7)c6c5)cc43)n2)cc1. The molecule has 45 heavy (non-hydrogen) atoms. The van der Waals surface area contributed by atoms with Gasteiger partial charge in [0.2, 0.25) is 0 Å². The molecule has 0 N–H and O–H groups in total. The first-order valence-corrected chi connectivity index (χ1v) is 15.0. The summed E-state index contributed by atoms with van der Waals surface area (Å²) in [4.78, 5) is 9.77. The van der Waals surface area contributed by atoms with Gasteiger partial charge >= 0.3 is 0 Å². The number of para-hydroxylation sites is 2. The van der Waals surface area contributed by atoms with Gasteiger partial charge in [0.1, 0.15) is 23.1 Å². The molecule has 5 heteroatoms. The molecule has 0 fully saturated rings. The number of fused-ring (bicyclic) bond motifs is 6. The van der Waals surface area contributed by atoms with E-state index in [1.807, 2.05) is 54.7 Å². The summed E-state index contributed by atoms with van der Waals surface area (Å²) < 4.78 is 11.0. The van der Waals surface area contributed by atoms with Gasteiger partial charge in [-0.3, -0.25) is 9.13 Å². The largest absolute Gasteiger partial charge is 0.457 e. The second-order valence-corrected chi connectivity index (χ2v) is 11.1. The summed E-state index contributed by atoms with van der Waals surface area (Å²) in [5, 5.41) is 4.66. The summed E-state index contributed by atoms with van der Waals surface area (Å²) in [6, 6.07) is 52.0. The Morgan fingerprint density at radius 2 is 0.978 bits per heavy atom. The Bertz CT molecular complexity index is 2510. The average molecular weight is 579 g/mol. The van der Waals surface area contributed by atoms with Gasteiger partial charge in [-0.05, 0) is 60.7 Å². The lowest BCUT2D eigenvalue weighted by Gasteiger charge is -2.11. The van der Waals surface area contributed by atoms with Crippen molar-refractivity contribution in [3.8, 4) is 34.4 Å². The highest BCUT2D eigenvalue weighted by Crippen LogP contribution is 2.37. The van der Waals surface area contributed by atoms with Crippen LogP contribution >= 0.6 is 0 Å². The Hall–Kier alpha value is -6.20. The molecule has 9 aromatic rings. The third-order valence-electron chi connectivity index (χ3n) is 8.44. The van der Waals surface area contributed by atoms with Crippen molar-refractivity contribution in [1.29, 1.82) is 0 Å². The summed E-state index contributed by atoms with van der Waals surface area (Å²) in [6.07, 6.45) is 1.83. The Labute approximate surface area is 259 Å². The molecule has 0 aliphatic carbocycles. The molecule has 0 saturated carbocycles. The normalized spacial score (nSPS) is 11.6. The molecule has 4 heterocycles. The van der Waals surface area contributed by atoms with Gasteiger partial charge in [0.05, 0.1) is 27.8 Å². The first-order valence-electron chi connectivity index (χ1n) is 15.0. The number of hydrogen-bond donors (Lipinski definition) is 0. The highest BCUT2D eigenvalue weighted by atomic mass is 16.5. The quantitative estimate of drug-likeness (QED) is 0.204. The molecule has 0 aliphatic heterocycles. The lowest BCUT2D eigenvalue weighted by molar-refractivity contribution is 0.484. The predicted octanol–water partition coefficient (Wildman–Crippen LogP) is 10.1. The number of pyridine rings is 2. The zero-order chi connectivity index (χ0) is 29.7. The van der Waals surface area contributed by atoms with Gasteiger partial charge in [0, 0.05) is 45.4 Å². The van der Waals surface area contributed by atoms with Crippen LogP contribution in [0.15, 0.2) is 158 Å². The predicted molar refractivity (Wildman–Crippen MR) is 183 cm³/mol. The fourth-order valence-corrected chi connectivity index (χ4v) is 6.46. The lowest BCUT2D eigenvalue weighted by Crippen LogP contribution is -1.98. The Morgan fingerprint density at radius 3 is 1.62 bits per heavy atom. The van der Waals surface area contributed by atoms with Gasteiger partial charge < -0.3 is 4.74 Å². The minimum atomic E-state index is 0.755. The third-order valence-corrected chi connectivity index (χ3v) is 8.44. The van der Waals surface area contributed by atoms with E-state index in [4.69, 9.17) is 9.72 Å². The van der Waals surface area contributed by atoms with Crippen LogP contribution in [-0.4, -0.2) is 19.1 Å². The van der Waals surface area contributed by atoms with Crippen LogP contribution in [0.2, 0.25) is 0 Å². The number of ether oxygens (including phenoxy) is 1. The van der Waals surface area contributed by atoms with Crippen LogP contribution < -0.4 is 4.74 Å². The van der Waals surface area contributed by atoms with Crippen LogP contribution in [-0.2, 0) is 0 Å². The van der Waals surface area contributed by atoms with Gasteiger partial charge in [-0.2, -0.15) is 0 Å². The van der Waals surface area contributed by atoms with E-state index in [0.717, 1.165) is 67.2 Å². The van der Waals surface area contributed by atoms with Gasteiger partial charge in [0.15, 0.2) is 0 Å². The maximum Gasteiger partial charge on any atom is 0.138 e. The fourth-order valence-electron chi connectivity index (χ4n) is 6.46. The van der Waals surface area contributed by atoms with E-state index in [9.17, 15) is 0 Å². The zero-order valence-electron chi connectivity index (χ0n) is 24.2. The lowest BCUT2D eigenvalue weighted by atomic mass is 10.1. The first-order chi connectivity index (χ1) is 22.3. The van der Waals surface area contributed by atoms with Crippen LogP contribution in [0.3, 0.4) is 0 Å². The van der Waals surface area contributed by atoms with Crippen molar-refractivity contribution < 1.29 is 4.74 Å². The summed E-state index contributed by atoms with van der Waals surface area (Å²) in [6.45, 7) is 0. The van der Waals surface area contributed by atoms with Crippen LogP contribution in [0, 0.1) is 0 Å². The van der Waals surface area contributed by atoms with Crippen molar-refractivity contribution in [3.63, 3.8) is 0 Å². The van der Waals surface area contributed by atoms with Crippen LogP contribution in [0.1, 0.15) is 0 Å². The van der Waals surface area contributed by atoms with Gasteiger partial charge in [0.25, 0.3) is 0 Å². The molecule has 0 radical (unpaired) electrons. The van der Waals surface area contributed by atoms with Crippen molar-refractivity contribution >= 4 is 43.6 Å². The number of benzene rings is 5. The van der Waals surface area contributed by atoms with Crippen molar-refractivity contribution in [3.05, 3.63) is 158 Å². The maximum atomic E-state index is 6.59. The molecule has 4 aromatic heterocycles. The summed E-state index contributed by atoms with van der Waals surface area (Å²) >= 11 is 0. The number of aromatic nitrogens is 4. The van der Waals surface area contributed by atoms with Crippen molar-refractivity contribution in [2.24, 2.45) is 0 Å². The zero-order valence-corrected chi connectivity index (χ0v) is 24.2. The van der Waals surface area contributed by atoms with E-state index in [-0.39, 0.29) is 0 Å². The van der Waals surface area contributed by atoms with E-state index < -0.39 is 0 Å². The monoisotopic (exact) mass is 578 g/mol. The van der Waals surface area contributed by atoms with Crippen molar-refractivity contribution in [1.82, 2.24) is 19.1 Å². The van der Waals surface area contributed by atoms with E-state index in [1.54, 1.807) is 0 Å². The molecule has 212 valence electrons. The van der Waals surface area contributed by atoms with E-state index in [1.165, 1.54) is 10.8 Å². The smallest absolute Gasteiger partial charge is 0.138 e. The van der Waals surface area contributed by atoms with E-state index in [0.29, 0.717) is 0 Å². The Balaban J connectivity index is 1.19. The second-order valence-electron chi connectivity index (χ2n) is 11.1. The molecule has 0 spiro atoms. The average Bonchev–Trinajstić information content (AvgIpc) is 3.61. The number of rotatable bonds is 5. The molecule has 9 rings (SSSR count). The Kier molecular flexibility index (Phi) is 5.74.